The maximum absolute atomic E-state index is 12.1. The van der Waals surface area contributed by atoms with E-state index in [1.807, 2.05) is 6.92 Å². The van der Waals surface area contributed by atoms with Crippen molar-refractivity contribution in [3.05, 3.63) is 0 Å². The van der Waals surface area contributed by atoms with E-state index in [-0.39, 0.29) is 5.75 Å². The minimum atomic E-state index is -3.04. The van der Waals surface area contributed by atoms with Gasteiger partial charge in [-0.2, -0.15) is 0 Å². The number of nitrogens with one attached hydrogen (secondary N) is 1. The van der Waals surface area contributed by atoms with Gasteiger partial charge in [-0.15, -0.1) is 0 Å². The second kappa shape index (κ2) is 7.34. The lowest BCUT2D eigenvalue weighted by molar-refractivity contribution is 0.364. The summed E-state index contributed by atoms with van der Waals surface area (Å²) in [5.41, 5.74) is 0. The zero-order valence-corrected chi connectivity index (χ0v) is 11.9. The Morgan fingerprint density at radius 1 is 1.29 bits per heavy atom. The van der Waals surface area contributed by atoms with Gasteiger partial charge in [0.05, 0.1) is 5.75 Å². The van der Waals surface area contributed by atoms with E-state index in [1.54, 1.807) is 4.31 Å². The average molecular weight is 262 g/mol. The molecule has 1 aliphatic heterocycles. The minimum absolute atomic E-state index is 0.281. The fourth-order valence-corrected chi connectivity index (χ4v) is 3.81. The molecule has 0 saturated carbocycles. The van der Waals surface area contributed by atoms with Crippen LogP contribution in [0.3, 0.4) is 0 Å². The number of sulfonamides is 1. The zero-order valence-electron chi connectivity index (χ0n) is 11.1. The van der Waals surface area contributed by atoms with Crippen molar-refractivity contribution in [3.63, 3.8) is 0 Å². The van der Waals surface area contributed by atoms with Crippen LogP contribution in [0.15, 0.2) is 0 Å². The SMILES string of the molecule is CCCCN(CC1CCCN1)S(=O)(=O)CCC. The Labute approximate surface area is 106 Å². The molecule has 0 aromatic heterocycles. The Bertz CT molecular complexity index is 298. The molecular formula is C12H26N2O2S. The molecule has 1 rings (SSSR count). The van der Waals surface area contributed by atoms with Gasteiger partial charge in [-0.05, 0) is 32.2 Å². The van der Waals surface area contributed by atoms with E-state index in [0.29, 0.717) is 25.6 Å². The van der Waals surface area contributed by atoms with Gasteiger partial charge < -0.3 is 5.32 Å². The molecule has 0 radical (unpaired) electrons. The van der Waals surface area contributed by atoms with Crippen molar-refractivity contribution in [3.8, 4) is 0 Å². The lowest BCUT2D eigenvalue weighted by atomic mass is 10.2. The molecule has 0 aromatic rings. The third kappa shape index (κ3) is 4.94. The van der Waals surface area contributed by atoms with Crippen LogP contribution in [0.4, 0.5) is 0 Å². The van der Waals surface area contributed by atoms with Crippen molar-refractivity contribution in [1.29, 1.82) is 0 Å². The van der Waals surface area contributed by atoms with Crippen LogP contribution in [0.1, 0.15) is 46.0 Å². The Morgan fingerprint density at radius 3 is 2.59 bits per heavy atom. The molecule has 17 heavy (non-hydrogen) atoms. The van der Waals surface area contributed by atoms with Crippen LogP contribution in [0.5, 0.6) is 0 Å². The van der Waals surface area contributed by atoms with Gasteiger partial charge in [0.15, 0.2) is 0 Å². The van der Waals surface area contributed by atoms with Gasteiger partial charge in [-0.3, -0.25) is 0 Å². The second-order valence-electron chi connectivity index (χ2n) is 4.82. The number of hydrogen-bond donors (Lipinski definition) is 1. The first-order valence-electron chi connectivity index (χ1n) is 6.81. The lowest BCUT2D eigenvalue weighted by Gasteiger charge is -2.25. The molecule has 1 unspecified atom stereocenters. The number of rotatable bonds is 8. The summed E-state index contributed by atoms with van der Waals surface area (Å²) >= 11 is 0. The van der Waals surface area contributed by atoms with Crippen molar-refractivity contribution in [2.75, 3.05) is 25.4 Å². The largest absolute Gasteiger partial charge is 0.313 e. The standard InChI is InChI=1S/C12H26N2O2S/c1-3-5-9-14(17(15,16)10-4-2)11-12-7-6-8-13-12/h12-13H,3-11H2,1-2H3. The van der Waals surface area contributed by atoms with Crippen LogP contribution in [0.25, 0.3) is 0 Å². The van der Waals surface area contributed by atoms with E-state index in [4.69, 9.17) is 0 Å². The molecule has 1 aliphatic rings. The fraction of sp³-hybridized carbons (Fsp3) is 1.00. The predicted octanol–water partition coefficient (Wildman–Crippen LogP) is 1.58. The average Bonchev–Trinajstić information content (AvgIpc) is 2.76. The smallest absolute Gasteiger partial charge is 0.214 e. The summed E-state index contributed by atoms with van der Waals surface area (Å²) in [4.78, 5) is 0. The summed E-state index contributed by atoms with van der Waals surface area (Å²) in [5, 5.41) is 3.37. The topological polar surface area (TPSA) is 49.4 Å². The molecule has 5 heteroatoms. The van der Waals surface area contributed by atoms with Crippen LogP contribution < -0.4 is 5.32 Å². The van der Waals surface area contributed by atoms with Gasteiger partial charge in [0, 0.05) is 19.1 Å². The Balaban J connectivity index is 2.58. The van der Waals surface area contributed by atoms with Gasteiger partial charge in [0.2, 0.25) is 10.0 Å². The van der Waals surface area contributed by atoms with Gasteiger partial charge in [0.1, 0.15) is 0 Å². The monoisotopic (exact) mass is 262 g/mol. The first-order valence-corrected chi connectivity index (χ1v) is 8.42. The first kappa shape index (κ1) is 14.9. The van der Waals surface area contributed by atoms with Crippen molar-refractivity contribution < 1.29 is 8.42 Å². The molecule has 0 spiro atoms. The second-order valence-corrected chi connectivity index (χ2v) is 6.91. The van der Waals surface area contributed by atoms with Gasteiger partial charge in [-0.1, -0.05) is 20.3 Å². The molecule has 1 heterocycles. The molecule has 0 aromatic carbocycles. The summed E-state index contributed by atoms with van der Waals surface area (Å²) in [5.74, 6) is 0.281. The highest BCUT2D eigenvalue weighted by molar-refractivity contribution is 7.89. The molecule has 1 atom stereocenters. The molecule has 1 fully saturated rings. The van der Waals surface area contributed by atoms with E-state index in [1.165, 1.54) is 6.42 Å². The maximum Gasteiger partial charge on any atom is 0.214 e. The molecule has 102 valence electrons. The summed E-state index contributed by atoms with van der Waals surface area (Å²) in [7, 11) is -3.04. The van der Waals surface area contributed by atoms with Crippen molar-refractivity contribution in [2.45, 2.75) is 52.0 Å². The highest BCUT2D eigenvalue weighted by Gasteiger charge is 2.25. The maximum atomic E-state index is 12.1. The van der Waals surface area contributed by atoms with Crippen molar-refractivity contribution >= 4 is 10.0 Å². The molecule has 1 saturated heterocycles. The van der Waals surface area contributed by atoms with Crippen molar-refractivity contribution in [2.24, 2.45) is 0 Å². The predicted molar refractivity (Wildman–Crippen MR) is 71.6 cm³/mol. The van der Waals surface area contributed by atoms with E-state index in [2.05, 4.69) is 12.2 Å². The Kier molecular flexibility index (Phi) is 6.44. The molecular weight excluding hydrogens is 236 g/mol. The highest BCUT2D eigenvalue weighted by atomic mass is 32.2. The van der Waals surface area contributed by atoms with Crippen LogP contribution >= 0.6 is 0 Å². The third-order valence-corrected chi connectivity index (χ3v) is 5.25. The van der Waals surface area contributed by atoms with Crippen LogP contribution in [0.2, 0.25) is 0 Å². The minimum Gasteiger partial charge on any atom is -0.313 e. The summed E-state index contributed by atoms with van der Waals surface area (Å²) in [6.45, 7) is 6.38. The highest BCUT2D eigenvalue weighted by Crippen LogP contribution is 2.12. The molecule has 0 aliphatic carbocycles. The van der Waals surface area contributed by atoms with E-state index < -0.39 is 10.0 Å². The van der Waals surface area contributed by atoms with Crippen molar-refractivity contribution in [1.82, 2.24) is 9.62 Å². The fourth-order valence-electron chi connectivity index (χ4n) is 2.22. The number of unbranched alkanes of at least 4 members (excludes halogenated alkanes) is 1. The van der Waals surface area contributed by atoms with E-state index in [9.17, 15) is 8.42 Å². The summed E-state index contributed by atoms with van der Waals surface area (Å²) < 4.78 is 25.9. The van der Waals surface area contributed by atoms with E-state index in [0.717, 1.165) is 25.8 Å². The van der Waals surface area contributed by atoms with Gasteiger partial charge in [0.25, 0.3) is 0 Å². The lowest BCUT2D eigenvalue weighted by Crippen LogP contribution is -2.42. The Morgan fingerprint density at radius 2 is 2.06 bits per heavy atom. The Hall–Kier alpha value is -0.130. The zero-order chi connectivity index (χ0) is 12.7. The summed E-state index contributed by atoms with van der Waals surface area (Å²) in [6, 6.07) is 0.360. The number of hydrogen-bond acceptors (Lipinski definition) is 3. The molecule has 1 N–H and O–H groups in total. The first-order chi connectivity index (χ1) is 8.10. The quantitative estimate of drug-likeness (QED) is 0.722. The normalized spacial score (nSPS) is 21.2. The molecule has 4 nitrogen and oxygen atoms in total. The molecule has 0 bridgehead atoms. The van der Waals surface area contributed by atoms with Crippen LogP contribution in [-0.4, -0.2) is 44.2 Å². The van der Waals surface area contributed by atoms with Gasteiger partial charge >= 0.3 is 0 Å². The molecule has 0 amide bonds. The third-order valence-electron chi connectivity index (χ3n) is 3.20. The van der Waals surface area contributed by atoms with E-state index >= 15 is 0 Å². The number of nitrogens with zero attached hydrogens (tertiary/aromatic N) is 1. The van der Waals surface area contributed by atoms with Crippen LogP contribution in [-0.2, 0) is 10.0 Å². The summed E-state index contributed by atoms with van der Waals surface area (Å²) in [6.07, 6.45) is 4.96. The van der Waals surface area contributed by atoms with Gasteiger partial charge in [-0.25, -0.2) is 12.7 Å². The van der Waals surface area contributed by atoms with Crippen LogP contribution in [0, 0.1) is 0 Å².